The Morgan fingerprint density at radius 3 is 2.68 bits per heavy atom. The Balaban J connectivity index is 1.69. The molecule has 3 heterocycles. The molecule has 0 radical (unpaired) electrons. The quantitative estimate of drug-likeness (QED) is 0.629. The lowest BCUT2D eigenvalue weighted by molar-refractivity contribution is -0.137. The van der Waals surface area contributed by atoms with Crippen LogP contribution in [0.15, 0.2) is 36.4 Å². The average Bonchev–Trinajstić information content (AvgIpc) is 3.27. The Kier molecular flexibility index (Phi) is 3.47. The summed E-state index contributed by atoms with van der Waals surface area (Å²) in [6.45, 7) is 2.74. The number of nitrogens with one attached hydrogen (secondary N) is 2. The Hall–Kier alpha value is -2.80. The van der Waals surface area contributed by atoms with E-state index >= 15 is 0 Å². The van der Waals surface area contributed by atoms with Crippen molar-refractivity contribution in [3.63, 3.8) is 0 Å². The van der Waals surface area contributed by atoms with Crippen molar-refractivity contribution in [2.75, 3.05) is 11.9 Å². The van der Waals surface area contributed by atoms with Crippen LogP contribution in [0.4, 0.5) is 18.9 Å². The lowest BCUT2D eigenvalue weighted by atomic mass is 9.96. The molecule has 2 aliphatic heterocycles. The molecule has 3 aromatic rings. The number of amides is 1. The summed E-state index contributed by atoms with van der Waals surface area (Å²) >= 11 is 0. The Morgan fingerprint density at radius 1 is 1.18 bits per heavy atom. The maximum absolute atomic E-state index is 13.2. The smallest absolute Gasteiger partial charge is 0.370 e. The molecule has 2 aromatic carbocycles. The highest BCUT2D eigenvalue weighted by Gasteiger charge is 2.39. The normalized spacial score (nSPS) is 21.1. The van der Waals surface area contributed by atoms with E-state index in [9.17, 15) is 18.0 Å². The van der Waals surface area contributed by atoms with Gasteiger partial charge in [-0.25, -0.2) is 0 Å². The summed E-state index contributed by atoms with van der Waals surface area (Å²) in [5, 5.41) is 3.28. The second-order valence-electron chi connectivity index (χ2n) is 7.76. The van der Waals surface area contributed by atoms with Crippen LogP contribution in [-0.2, 0) is 28.5 Å². The first-order chi connectivity index (χ1) is 13.2. The number of hydrogen-bond donors (Lipinski definition) is 2. The topological polar surface area (TPSA) is 57.4 Å². The van der Waals surface area contributed by atoms with Crippen LogP contribution in [0.5, 0.6) is 0 Å². The van der Waals surface area contributed by atoms with Crippen molar-refractivity contribution in [1.29, 1.82) is 0 Å². The molecule has 7 heteroatoms. The number of epoxide rings is 1. The van der Waals surface area contributed by atoms with E-state index in [0.717, 1.165) is 29.7 Å². The van der Waals surface area contributed by atoms with E-state index in [1.54, 1.807) is 0 Å². The van der Waals surface area contributed by atoms with E-state index in [2.05, 4.69) is 10.3 Å². The third-order valence-electron chi connectivity index (χ3n) is 5.41. The molecule has 2 N–H and O–H groups in total. The van der Waals surface area contributed by atoms with Crippen LogP contribution >= 0.6 is 0 Å². The van der Waals surface area contributed by atoms with Crippen LogP contribution in [-0.4, -0.2) is 23.1 Å². The third kappa shape index (κ3) is 2.86. The largest absolute Gasteiger partial charge is 0.416 e. The van der Waals surface area contributed by atoms with Crippen LogP contribution < -0.4 is 5.32 Å². The molecule has 4 nitrogen and oxygen atoms in total. The molecule has 0 saturated carbocycles. The van der Waals surface area contributed by atoms with Crippen LogP contribution in [0.25, 0.3) is 22.2 Å². The van der Waals surface area contributed by atoms with Gasteiger partial charge in [0, 0.05) is 22.9 Å². The van der Waals surface area contributed by atoms with Gasteiger partial charge in [-0.1, -0.05) is 6.07 Å². The SMILES string of the molecule is CC1(Cc2ccc3c(c2)-c2[nH]c4ccc(C(F)(F)F)cc4c2CC(=O)N3)CO1. The molecular formula is C21H17F3N2O2. The molecule has 1 amide bonds. The van der Waals surface area contributed by atoms with Crippen molar-refractivity contribution in [2.45, 2.75) is 31.5 Å². The summed E-state index contributed by atoms with van der Waals surface area (Å²) in [5.74, 6) is -0.247. The van der Waals surface area contributed by atoms with E-state index in [1.165, 1.54) is 6.07 Å². The lowest BCUT2D eigenvalue weighted by Crippen LogP contribution is -2.13. The van der Waals surface area contributed by atoms with E-state index < -0.39 is 11.7 Å². The van der Waals surface area contributed by atoms with Gasteiger partial charge in [0.15, 0.2) is 0 Å². The minimum absolute atomic E-state index is 0.0154. The minimum Gasteiger partial charge on any atom is -0.370 e. The number of fused-ring (bicyclic) bond motifs is 5. The molecule has 1 unspecified atom stereocenters. The monoisotopic (exact) mass is 386 g/mol. The zero-order chi connectivity index (χ0) is 19.7. The number of aromatic amines is 1. The number of ether oxygens (including phenoxy) is 1. The molecule has 0 aliphatic carbocycles. The standard InChI is InChI=1S/C21H17F3N2O2/c1-20(10-28-20)9-11-2-4-17-15(6-11)19-14(8-18(27)25-17)13-7-12(21(22,23)24)3-5-16(13)26-19/h2-7,26H,8-10H2,1H3,(H,25,27). The second kappa shape index (κ2) is 5.61. The molecule has 1 atom stereocenters. The molecule has 0 bridgehead atoms. The molecule has 1 aromatic heterocycles. The number of alkyl halides is 3. The van der Waals surface area contributed by atoms with Crippen molar-refractivity contribution < 1.29 is 22.7 Å². The summed E-state index contributed by atoms with van der Waals surface area (Å²) in [4.78, 5) is 15.6. The molecule has 5 rings (SSSR count). The summed E-state index contributed by atoms with van der Waals surface area (Å²) in [6.07, 6.45) is -3.68. The van der Waals surface area contributed by atoms with Crippen molar-refractivity contribution in [3.8, 4) is 11.3 Å². The van der Waals surface area contributed by atoms with Gasteiger partial charge >= 0.3 is 6.18 Å². The van der Waals surface area contributed by atoms with Gasteiger partial charge in [0.1, 0.15) is 0 Å². The number of halogens is 3. The van der Waals surface area contributed by atoms with Crippen molar-refractivity contribution in [3.05, 3.63) is 53.1 Å². The van der Waals surface area contributed by atoms with E-state index in [0.29, 0.717) is 34.5 Å². The lowest BCUT2D eigenvalue weighted by Gasteiger charge is -2.11. The fourth-order valence-corrected chi connectivity index (χ4v) is 3.87. The molecule has 144 valence electrons. The fourth-order valence-electron chi connectivity index (χ4n) is 3.87. The second-order valence-corrected chi connectivity index (χ2v) is 7.76. The number of rotatable bonds is 2. The highest BCUT2D eigenvalue weighted by atomic mass is 19.4. The first-order valence-corrected chi connectivity index (χ1v) is 9.01. The number of aromatic nitrogens is 1. The van der Waals surface area contributed by atoms with Crippen LogP contribution in [0, 0.1) is 0 Å². The number of hydrogen-bond acceptors (Lipinski definition) is 2. The number of carbonyl (C=O) groups excluding carboxylic acids is 1. The number of carbonyl (C=O) groups is 1. The van der Waals surface area contributed by atoms with Crippen molar-refractivity contribution >= 4 is 22.5 Å². The number of benzene rings is 2. The molecule has 0 spiro atoms. The first-order valence-electron chi connectivity index (χ1n) is 9.01. The van der Waals surface area contributed by atoms with Gasteiger partial charge in [-0.05, 0) is 48.4 Å². The van der Waals surface area contributed by atoms with E-state index in [-0.39, 0.29) is 17.9 Å². The van der Waals surface area contributed by atoms with Crippen LogP contribution in [0.2, 0.25) is 0 Å². The van der Waals surface area contributed by atoms with Gasteiger partial charge in [-0.3, -0.25) is 4.79 Å². The van der Waals surface area contributed by atoms with E-state index in [1.807, 2.05) is 25.1 Å². The molecular weight excluding hydrogens is 369 g/mol. The van der Waals surface area contributed by atoms with Crippen LogP contribution in [0.1, 0.15) is 23.6 Å². The van der Waals surface area contributed by atoms with Gasteiger partial charge in [0.25, 0.3) is 0 Å². The summed E-state index contributed by atoms with van der Waals surface area (Å²) in [7, 11) is 0. The highest BCUT2D eigenvalue weighted by Crippen LogP contribution is 2.41. The van der Waals surface area contributed by atoms with Crippen LogP contribution in [0.3, 0.4) is 0 Å². The predicted molar refractivity (Wildman–Crippen MR) is 99.1 cm³/mol. The molecule has 2 aliphatic rings. The zero-order valence-electron chi connectivity index (χ0n) is 15.0. The van der Waals surface area contributed by atoms with Crippen molar-refractivity contribution in [2.24, 2.45) is 0 Å². The van der Waals surface area contributed by atoms with Gasteiger partial charge < -0.3 is 15.0 Å². The first kappa shape index (κ1) is 17.3. The Labute approximate surface area is 158 Å². The summed E-state index contributed by atoms with van der Waals surface area (Å²) in [6, 6.07) is 9.37. The maximum Gasteiger partial charge on any atom is 0.416 e. The van der Waals surface area contributed by atoms with Gasteiger partial charge in [0.05, 0.1) is 35.6 Å². The average molecular weight is 386 g/mol. The number of anilines is 1. The zero-order valence-corrected chi connectivity index (χ0v) is 15.0. The van der Waals surface area contributed by atoms with Crippen molar-refractivity contribution in [1.82, 2.24) is 4.98 Å². The molecule has 28 heavy (non-hydrogen) atoms. The Bertz CT molecular complexity index is 1130. The third-order valence-corrected chi connectivity index (χ3v) is 5.41. The minimum atomic E-state index is -4.43. The van der Waals surface area contributed by atoms with Gasteiger partial charge in [-0.2, -0.15) is 13.2 Å². The summed E-state index contributed by atoms with van der Waals surface area (Å²) < 4.78 is 45.0. The Morgan fingerprint density at radius 2 is 1.96 bits per heavy atom. The van der Waals surface area contributed by atoms with E-state index in [4.69, 9.17) is 4.74 Å². The highest BCUT2D eigenvalue weighted by molar-refractivity contribution is 6.05. The predicted octanol–water partition coefficient (Wildman–Crippen LogP) is 4.68. The van der Waals surface area contributed by atoms with Gasteiger partial charge in [-0.15, -0.1) is 0 Å². The molecule has 1 fully saturated rings. The van der Waals surface area contributed by atoms with Gasteiger partial charge in [0.2, 0.25) is 5.91 Å². The molecule has 1 saturated heterocycles. The number of H-pyrrole nitrogens is 1. The summed E-state index contributed by atoms with van der Waals surface area (Å²) in [5.41, 5.74) is 3.46. The maximum atomic E-state index is 13.2. The fraction of sp³-hybridized carbons (Fsp3) is 0.286.